The van der Waals surface area contributed by atoms with Crippen molar-refractivity contribution in [1.82, 2.24) is 15.2 Å². The van der Waals surface area contributed by atoms with Gasteiger partial charge >= 0.3 is 6.03 Å². The van der Waals surface area contributed by atoms with E-state index >= 15 is 0 Å². The Labute approximate surface area is 146 Å². The molecule has 2 N–H and O–H groups in total. The zero-order valence-electron chi connectivity index (χ0n) is 14.2. The van der Waals surface area contributed by atoms with Crippen molar-refractivity contribution >= 4 is 32.7 Å². The normalized spacial score (nSPS) is 19.0. The maximum Gasteiger partial charge on any atom is 0.321 e. The molecule has 130 valence electrons. The Hall–Kier alpha value is -1.86. The number of carbonyl (C=O) groups is 1. The quantitative estimate of drug-likeness (QED) is 0.891. The summed E-state index contributed by atoms with van der Waals surface area (Å²) in [6.45, 7) is 2.89. The molecule has 24 heavy (non-hydrogen) atoms. The number of carbonyl (C=O) groups excluding carboxylic acids is 1. The van der Waals surface area contributed by atoms with Gasteiger partial charge < -0.3 is 15.0 Å². The van der Waals surface area contributed by atoms with E-state index in [-0.39, 0.29) is 6.03 Å². The topological polar surface area (TPSA) is 66.5 Å². The second-order valence-corrected chi connectivity index (χ2v) is 7.29. The summed E-state index contributed by atoms with van der Waals surface area (Å²) >= 11 is 1.43. The summed E-state index contributed by atoms with van der Waals surface area (Å²) in [6.07, 6.45) is 3.64. The van der Waals surface area contributed by atoms with Gasteiger partial charge in [0.05, 0.1) is 17.3 Å². The summed E-state index contributed by atoms with van der Waals surface area (Å²) in [7, 11) is 3.78. The lowest BCUT2D eigenvalue weighted by Crippen LogP contribution is -2.36. The first-order valence-corrected chi connectivity index (χ1v) is 9.14. The maximum absolute atomic E-state index is 12.2. The highest BCUT2D eigenvalue weighted by atomic mass is 32.1. The molecule has 2 heterocycles. The van der Waals surface area contributed by atoms with E-state index in [2.05, 4.69) is 27.6 Å². The fourth-order valence-electron chi connectivity index (χ4n) is 3.12. The van der Waals surface area contributed by atoms with Crippen LogP contribution in [-0.4, -0.2) is 49.7 Å². The van der Waals surface area contributed by atoms with E-state index in [1.54, 1.807) is 7.11 Å². The molecule has 7 heteroatoms. The number of anilines is 1. The molecule has 0 spiro atoms. The van der Waals surface area contributed by atoms with Gasteiger partial charge in [-0.05, 0) is 44.5 Å². The summed E-state index contributed by atoms with van der Waals surface area (Å²) < 4.78 is 6.28. The number of amides is 2. The van der Waals surface area contributed by atoms with Gasteiger partial charge in [-0.1, -0.05) is 23.8 Å². The molecule has 6 nitrogen and oxygen atoms in total. The Morgan fingerprint density at radius 1 is 1.46 bits per heavy atom. The maximum atomic E-state index is 12.2. The van der Waals surface area contributed by atoms with Gasteiger partial charge in [-0.15, -0.1) is 0 Å². The van der Waals surface area contributed by atoms with Gasteiger partial charge in [0.15, 0.2) is 5.13 Å². The minimum absolute atomic E-state index is 0.195. The summed E-state index contributed by atoms with van der Waals surface area (Å²) in [5.41, 5.74) is 0.833. The van der Waals surface area contributed by atoms with Crippen molar-refractivity contribution < 1.29 is 9.53 Å². The van der Waals surface area contributed by atoms with Crippen molar-refractivity contribution in [1.29, 1.82) is 0 Å². The van der Waals surface area contributed by atoms with Gasteiger partial charge in [-0.25, -0.2) is 9.78 Å². The van der Waals surface area contributed by atoms with Gasteiger partial charge in [0.1, 0.15) is 5.75 Å². The Bertz CT molecular complexity index is 703. The number of methoxy groups -OCH3 is 1. The van der Waals surface area contributed by atoms with Crippen LogP contribution in [0.15, 0.2) is 18.2 Å². The molecule has 3 rings (SSSR count). The highest BCUT2D eigenvalue weighted by molar-refractivity contribution is 7.22. The summed E-state index contributed by atoms with van der Waals surface area (Å²) in [5.74, 6) is 1.29. The standard InChI is InChI=1S/C17H24N4O2S/c1-21-9-4-3-6-12(11-21)10-18-16(22)20-17-19-13-7-5-8-14(23-2)15(13)24-17/h5,7-8,12H,3-4,6,9-11H2,1-2H3,(H2,18,19,20,22). The predicted molar refractivity (Wildman–Crippen MR) is 98.0 cm³/mol. The van der Waals surface area contributed by atoms with E-state index in [1.807, 2.05) is 18.2 Å². The van der Waals surface area contributed by atoms with E-state index in [9.17, 15) is 4.79 Å². The van der Waals surface area contributed by atoms with Crippen LogP contribution in [0.4, 0.5) is 9.93 Å². The predicted octanol–water partition coefficient (Wildman–Crippen LogP) is 3.16. The molecule has 1 aliphatic rings. The van der Waals surface area contributed by atoms with Crippen molar-refractivity contribution in [2.75, 3.05) is 39.1 Å². The molecule has 1 aliphatic heterocycles. The highest BCUT2D eigenvalue weighted by Crippen LogP contribution is 2.33. The SMILES string of the molecule is COc1cccc2nc(NC(=O)NCC3CCCCN(C)C3)sc12. The average Bonchev–Trinajstić information content (AvgIpc) is 2.86. The molecule has 2 aromatic rings. The van der Waals surface area contributed by atoms with Crippen molar-refractivity contribution in [3.8, 4) is 5.75 Å². The lowest BCUT2D eigenvalue weighted by atomic mass is 10.0. The van der Waals surface area contributed by atoms with Crippen molar-refractivity contribution in [2.24, 2.45) is 5.92 Å². The second kappa shape index (κ2) is 7.81. The lowest BCUT2D eigenvalue weighted by molar-refractivity contribution is 0.246. The molecular formula is C17H24N4O2S. The van der Waals surface area contributed by atoms with Gasteiger partial charge in [-0.2, -0.15) is 0 Å². The number of urea groups is 1. The minimum Gasteiger partial charge on any atom is -0.495 e. The van der Waals surface area contributed by atoms with Crippen molar-refractivity contribution in [3.05, 3.63) is 18.2 Å². The Morgan fingerprint density at radius 3 is 3.17 bits per heavy atom. The molecule has 2 amide bonds. The molecule has 0 saturated carbocycles. The zero-order chi connectivity index (χ0) is 16.9. The van der Waals surface area contributed by atoms with Gasteiger partial charge in [-0.3, -0.25) is 5.32 Å². The van der Waals surface area contributed by atoms with Crippen molar-refractivity contribution in [3.63, 3.8) is 0 Å². The molecule has 1 fully saturated rings. The number of hydrogen-bond acceptors (Lipinski definition) is 5. The number of nitrogens with zero attached hydrogens (tertiary/aromatic N) is 2. The molecule has 1 unspecified atom stereocenters. The minimum atomic E-state index is -0.195. The Kier molecular flexibility index (Phi) is 5.52. The molecule has 1 aromatic carbocycles. The third-order valence-corrected chi connectivity index (χ3v) is 5.34. The number of likely N-dealkylation sites (tertiary alicyclic amines) is 1. The van der Waals surface area contributed by atoms with Crippen LogP contribution in [-0.2, 0) is 0 Å². The molecule has 0 aliphatic carbocycles. The molecule has 0 radical (unpaired) electrons. The molecule has 1 saturated heterocycles. The third-order valence-electron chi connectivity index (χ3n) is 4.34. The molecular weight excluding hydrogens is 324 g/mol. The average molecular weight is 348 g/mol. The van der Waals surface area contributed by atoms with Crippen LogP contribution < -0.4 is 15.4 Å². The number of hydrogen-bond donors (Lipinski definition) is 2. The number of thiazole rings is 1. The molecule has 1 aromatic heterocycles. The zero-order valence-corrected chi connectivity index (χ0v) is 15.0. The van der Waals surface area contributed by atoms with E-state index in [0.717, 1.165) is 29.1 Å². The number of aromatic nitrogens is 1. The molecule has 1 atom stereocenters. The fourth-order valence-corrected chi connectivity index (χ4v) is 4.07. The molecule has 0 bridgehead atoms. The van der Waals surface area contributed by atoms with Gasteiger partial charge in [0, 0.05) is 13.1 Å². The first kappa shape index (κ1) is 17.0. The number of fused-ring (bicyclic) bond motifs is 1. The summed E-state index contributed by atoms with van der Waals surface area (Å²) in [5, 5.41) is 6.41. The summed E-state index contributed by atoms with van der Waals surface area (Å²) in [6, 6.07) is 5.51. The smallest absolute Gasteiger partial charge is 0.321 e. The van der Waals surface area contributed by atoms with E-state index in [0.29, 0.717) is 17.6 Å². The highest BCUT2D eigenvalue weighted by Gasteiger charge is 2.17. The van der Waals surface area contributed by atoms with Crippen LogP contribution in [0.2, 0.25) is 0 Å². The first-order chi connectivity index (χ1) is 11.7. The number of benzene rings is 1. The van der Waals surface area contributed by atoms with Crippen LogP contribution in [0.5, 0.6) is 5.75 Å². The van der Waals surface area contributed by atoms with Crippen LogP contribution in [0, 0.1) is 5.92 Å². The monoisotopic (exact) mass is 348 g/mol. The van der Waals surface area contributed by atoms with Crippen LogP contribution in [0.3, 0.4) is 0 Å². The van der Waals surface area contributed by atoms with Crippen LogP contribution in [0.1, 0.15) is 19.3 Å². The fraction of sp³-hybridized carbons (Fsp3) is 0.529. The third kappa shape index (κ3) is 4.15. The second-order valence-electron chi connectivity index (χ2n) is 6.29. The van der Waals surface area contributed by atoms with E-state index < -0.39 is 0 Å². The van der Waals surface area contributed by atoms with Gasteiger partial charge in [0.25, 0.3) is 0 Å². The van der Waals surface area contributed by atoms with Crippen LogP contribution >= 0.6 is 11.3 Å². The number of nitrogens with one attached hydrogen (secondary N) is 2. The summed E-state index contributed by atoms with van der Waals surface area (Å²) in [4.78, 5) is 18.9. The Morgan fingerprint density at radius 2 is 2.33 bits per heavy atom. The number of ether oxygens (including phenoxy) is 1. The van der Waals surface area contributed by atoms with E-state index in [1.165, 1.54) is 30.6 Å². The van der Waals surface area contributed by atoms with Gasteiger partial charge in [0.2, 0.25) is 0 Å². The largest absolute Gasteiger partial charge is 0.495 e. The first-order valence-electron chi connectivity index (χ1n) is 8.32. The van der Waals surface area contributed by atoms with Crippen molar-refractivity contribution in [2.45, 2.75) is 19.3 Å². The van der Waals surface area contributed by atoms with Crippen LogP contribution in [0.25, 0.3) is 10.2 Å². The Balaban J connectivity index is 1.56. The lowest BCUT2D eigenvalue weighted by Gasteiger charge is -2.20. The number of rotatable bonds is 4. The van der Waals surface area contributed by atoms with E-state index in [4.69, 9.17) is 4.74 Å².